The third-order valence-corrected chi connectivity index (χ3v) is 10.9. The first kappa shape index (κ1) is 27.9. The summed E-state index contributed by atoms with van der Waals surface area (Å²) in [6.07, 6.45) is 0. The Bertz CT molecular complexity index is 2810. The molecule has 0 bridgehead atoms. The Labute approximate surface area is 288 Å². The second-order valence-electron chi connectivity index (χ2n) is 12.6. The van der Waals surface area contributed by atoms with Crippen LogP contribution in [0, 0.1) is 0 Å². The van der Waals surface area contributed by atoms with E-state index in [0.29, 0.717) is 0 Å². The van der Waals surface area contributed by atoms with Crippen LogP contribution in [0.25, 0.3) is 69.6 Å². The number of benzene rings is 8. The maximum atomic E-state index is 2.43. The normalized spacial score (nSPS) is 11.7. The van der Waals surface area contributed by atoms with Crippen LogP contribution in [0.5, 0.6) is 0 Å². The van der Waals surface area contributed by atoms with Crippen LogP contribution in [0.3, 0.4) is 0 Å². The van der Waals surface area contributed by atoms with Gasteiger partial charge in [0.25, 0.3) is 0 Å². The van der Waals surface area contributed by atoms with Crippen LogP contribution in [0.2, 0.25) is 0 Å². The van der Waals surface area contributed by atoms with Gasteiger partial charge in [-0.3, -0.25) is 0 Å². The predicted molar refractivity (Wildman–Crippen MR) is 211 cm³/mol. The average molecular weight is 643 g/mol. The van der Waals surface area contributed by atoms with Crippen molar-refractivity contribution < 1.29 is 0 Å². The van der Waals surface area contributed by atoms with Gasteiger partial charge in [0.2, 0.25) is 0 Å². The second-order valence-corrected chi connectivity index (χ2v) is 13.7. The van der Waals surface area contributed by atoms with Crippen molar-refractivity contribution in [3.63, 3.8) is 0 Å². The topological polar surface area (TPSA) is 8.17 Å². The molecule has 0 saturated heterocycles. The minimum atomic E-state index is 1.11. The fraction of sp³-hybridized carbons (Fsp3) is 0. The number of hydrogen-bond donors (Lipinski definition) is 0. The summed E-state index contributed by atoms with van der Waals surface area (Å²) in [7, 11) is 0. The van der Waals surface area contributed by atoms with Crippen LogP contribution in [0.1, 0.15) is 0 Å². The zero-order chi connectivity index (χ0) is 32.3. The van der Waals surface area contributed by atoms with E-state index in [0.717, 1.165) is 22.7 Å². The van der Waals surface area contributed by atoms with E-state index in [-0.39, 0.29) is 0 Å². The van der Waals surface area contributed by atoms with Gasteiger partial charge in [0, 0.05) is 59.1 Å². The van der Waals surface area contributed by atoms with Crippen molar-refractivity contribution in [2.24, 2.45) is 0 Å². The summed E-state index contributed by atoms with van der Waals surface area (Å²) < 4.78 is 5.05. The zero-order valence-corrected chi connectivity index (χ0v) is 27.4. The number of rotatable bonds is 5. The van der Waals surface area contributed by atoms with Gasteiger partial charge >= 0.3 is 0 Å². The highest BCUT2D eigenvalue weighted by Gasteiger charge is 2.18. The molecule has 49 heavy (non-hydrogen) atoms. The Morgan fingerprint density at radius 1 is 0.388 bits per heavy atom. The van der Waals surface area contributed by atoms with E-state index in [9.17, 15) is 0 Å². The monoisotopic (exact) mass is 642 g/mol. The lowest BCUT2D eigenvalue weighted by Gasteiger charge is -2.26. The number of thiophene rings is 1. The first-order chi connectivity index (χ1) is 24.3. The number of anilines is 3. The van der Waals surface area contributed by atoms with Crippen LogP contribution < -0.4 is 4.90 Å². The quantitative estimate of drug-likeness (QED) is 0.181. The van der Waals surface area contributed by atoms with Gasteiger partial charge in [-0.25, -0.2) is 0 Å². The Morgan fingerprint density at radius 2 is 1.00 bits per heavy atom. The molecule has 3 heteroatoms. The minimum absolute atomic E-state index is 1.11. The van der Waals surface area contributed by atoms with Gasteiger partial charge in [0.15, 0.2) is 0 Å². The lowest BCUT2D eigenvalue weighted by Crippen LogP contribution is -2.10. The number of nitrogens with zero attached hydrogens (tertiary/aromatic N) is 2. The van der Waals surface area contributed by atoms with Gasteiger partial charge in [-0.1, -0.05) is 115 Å². The Hall–Kier alpha value is -6.16. The van der Waals surface area contributed by atoms with Crippen molar-refractivity contribution in [3.05, 3.63) is 182 Å². The summed E-state index contributed by atoms with van der Waals surface area (Å²) >= 11 is 1.85. The van der Waals surface area contributed by atoms with Crippen LogP contribution in [-0.4, -0.2) is 4.57 Å². The highest BCUT2D eigenvalue weighted by Crippen LogP contribution is 2.42. The van der Waals surface area contributed by atoms with Crippen LogP contribution in [0.4, 0.5) is 17.1 Å². The van der Waals surface area contributed by atoms with E-state index in [1.54, 1.807) is 0 Å². The van der Waals surface area contributed by atoms with Crippen LogP contribution >= 0.6 is 11.3 Å². The van der Waals surface area contributed by atoms with E-state index in [4.69, 9.17) is 0 Å². The van der Waals surface area contributed by atoms with E-state index >= 15 is 0 Å². The molecule has 10 aromatic rings. The molecule has 8 aromatic carbocycles. The fourth-order valence-electron chi connectivity index (χ4n) is 7.48. The van der Waals surface area contributed by atoms with E-state index in [2.05, 4.69) is 191 Å². The summed E-state index contributed by atoms with van der Waals surface area (Å²) in [5.41, 5.74) is 9.39. The maximum Gasteiger partial charge on any atom is 0.0619 e. The number of fused-ring (bicyclic) bond motifs is 8. The molecule has 230 valence electrons. The molecule has 0 amide bonds. The van der Waals surface area contributed by atoms with Crippen molar-refractivity contribution in [1.29, 1.82) is 0 Å². The molecule has 2 nitrogen and oxygen atoms in total. The Kier molecular flexibility index (Phi) is 6.39. The molecule has 0 aliphatic carbocycles. The molecule has 0 fully saturated rings. The van der Waals surface area contributed by atoms with E-state index < -0.39 is 0 Å². The van der Waals surface area contributed by atoms with Gasteiger partial charge < -0.3 is 9.47 Å². The second kappa shape index (κ2) is 11.2. The van der Waals surface area contributed by atoms with Gasteiger partial charge in [-0.2, -0.15) is 0 Å². The van der Waals surface area contributed by atoms with Crippen molar-refractivity contribution in [2.45, 2.75) is 0 Å². The molecule has 2 heterocycles. The van der Waals surface area contributed by atoms with Gasteiger partial charge in [-0.05, 0) is 83.2 Å². The zero-order valence-electron chi connectivity index (χ0n) is 26.6. The van der Waals surface area contributed by atoms with Gasteiger partial charge in [0.1, 0.15) is 0 Å². The standard InChI is InChI=1S/C46H30N2S/c1-2-10-31(11-3-1)32-18-21-34(22-19-32)47(37-27-29-45-42(30-37)40-15-7-9-17-44(40)49-45)35-23-25-36(26-24-35)48-43-16-8-6-14-39(43)41-28-20-33-12-4-5-13-38(33)46(41)48/h1-30H. The highest BCUT2D eigenvalue weighted by molar-refractivity contribution is 7.25. The SMILES string of the molecule is c1ccc(-c2ccc(N(c3ccc(-n4c5ccccc5c5ccc6ccccc6c54)cc3)c3ccc4sc5ccccc5c4c3)cc2)cc1. The summed E-state index contributed by atoms with van der Waals surface area (Å²) in [6.45, 7) is 0. The number of aromatic nitrogens is 1. The predicted octanol–water partition coefficient (Wildman–Crippen LogP) is 13.4. The summed E-state index contributed by atoms with van der Waals surface area (Å²) in [5, 5.41) is 7.64. The molecule has 0 spiro atoms. The summed E-state index contributed by atoms with van der Waals surface area (Å²) in [4.78, 5) is 2.38. The smallest absolute Gasteiger partial charge is 0.0619 e. The molecule has 2 aromatic heterocycles. The summed E-state index contributed by atoms with van der Waals surface area (Å²) in [6, 6.07) is 66.2. The number of hydrogen-bond acceptors (Lipinski definition) is 2. The fourth-order valence-corrected chi connectivity index (χ4v) is 8.57. The molecule has 0 aliphatic heterocycles. The summed E-state index contributed by atoms with van der Waals surface area (Å²) in [5.74, 6) is 0. The molecule has 10 rings (SSSR count). The third-order valence-electron chi connectivity index (χ3n) is 9.78. The number of para-hydroxylation sites is 1. The lowest BCUT2D eigenvalue weighted by atomic mass is 10.0. The molecule has 0 atom stereocenters. The lowest BCUT2D eigenvalue weighted by molar-refractivity contribution is 1.18. The molecule has 0 aliphatic rings. The van der Waals surface area contributed by atoms with E-state index in [1.165, 1.54) is 63.9 Å². The van der Waals surface area contributed by atoms with Crippen molar-refractivity contribution in [3.8, 4) is 16.8 Å². The molecular formula is C46H30N2S. The highest BCUT2D eigenvalue weighted by atomic mass is 32.1. The maximum absolute atomic E-state index is 2.43. The van der Waals surface area contributed by atoms with Crippen molar-refractivity contribution >= 4 is 81.1 Å². The Balaban J connectivity index is 1.15. The molecular weight excluding hydrogens is 613 g/mol. The van der Waals surface area contributed by atoms with Gasteiger partial charge in [-0.15, -0.1) is 11.3 Å². The Morgan fingerprint density at radius 3 is 1.82 bits per heavy atom. The molecule has 0 unspecified atom stereocenters. The van der Waals surface area contributed by atoms with Crippen molar-refractivity contribution in [2.75, 3.05) is 4.90 Å². The average Bonchev–Trinajstić information content (AvgIpc) is 3.72. The minimum Gasteiger partial charge on any atom is -0.310 e. The van der Waals surface area contributed by atoms with Crippen LogP contribution in [0.15, 0.2) is 182 Å². The van der Waals surface area contributed by atoms with Crippen LogP contribution in [-0.2, 0) is 0 Å². The largest absolute Gasteiger partial charge is 0.310 e. The molecule has 0 N–H and O–H groups in total. The molecule has 0 radical (unpaired) electrons. The van der Waals surface area contributed by atoms with Gasteiger partial charge in [0.05, 0.1) is 11.0 Å². The van der Waals surface area contributed by atoms with Crippen molar-refractivity contribution in [1.82, 2.24) is 4.57 Å². The first-order valence-corrected chi connectivity index (χ1v) is 17.5. The third kappa shape index (κ3) is 4.55. The molecule has 0 saturated carbocycles. The van der Waals surface area contributed by atoms with E-state index in [1.807, 2.05) is 11.3 Å². The first-order valence-electron chi connectivity index (χ1n) is 16.7.